The van der Waals surface area contributed by atoms with Gasteiger partial charge in [0.2, 0.25) is 11.8 Å². The van der Waals surface area contributed by atoms with Crippen LogP contribution in [0.3, 0.4) is 0 Å². The van der Waals surface area contributed by atoms with E-state index in [-0.39, 0.29) is 41.6 Å². The Hall–Kier alpha value is -2.48. The monoisotopic (exact) mass is 375 g/mol. The van der Waals surface area contributed by atoms with Gasteiger partial charge in [-0.25, -0.2) is 4.39 Å². The van der Waals surface area contributed by atoms with Crippen molar-refractivity contribution in [2.24, 2.45) is 0 Å². The number of benzene rings is 1. The van der Waals surface area contributed by atoms with Gasteiger partial charge < -0.3 is 19.9 Å². The summed E-state index contributed by atoms with van der Waals surface area (Å²) in [5.74, 6) is -1.53. The van der Waals surface area contributed by atoms with E-state index in [1.807, 2.05) is 0 Å². The van der Waals surface area contributed by atoms with E-state index in [4.69, 9.17) is 4.74 Å². The highest BCUT2D eigenvalue weighted by atomic mass is 19.1. The Bertz CT molecular complexity index is 778. The number of nitrogens with zero attached hydrogens (tertiary/aromatic N) is 2. The summed E-state index contributed by atoms with van der Waals surface area (Å²) in [5, 5.41) is 2.78. The number of hydrogen-bond acceptors (Lipinski definition) is 4. The number of fused-ring (bicyclic) bond motifs is 2. The first-order chi connectivity index (χ1) is 13.0. The largest absolute Gasteiger partial charge is 0.376 e. The van der Waals surface area contributed by atoms with E-state index >= 15 is 0 Å². The number of anilines is 1. The predicted molar refractivity (Wildman–Crippen MR) is 94.8 cm³/mol. The molecule has 1 aromatic rings. The number of nitrogens with one attached hydrogen (secondary N) is 1. The molecule has 2 fully saturated rings. The second-order valence-corrected chi connectivity index (χ2v) is 7.18. The summed E-state index contributed by atoms with van der Waals surface area (Å²) in [5.41, 5.74) is 0.410. The molecular weight excluding hydrogens is 353 g/mol. The predicted octanol–water partition coefficient (Wildman–Crippen LogP) is 1.07. The maximum Gasteiger partial charge on any atom is 0.256 e. The topological polar surface area (TPSA) is 79.0 Å². The zero-order valence-corrected chi connectivity index (χ0v) is 14.9. The van der Waals surface area contributed by atoms with Gasteiger partial charge in [-0.3, -0.25) is 14.4 Å². The second kappa shape index (κ2) is 7.26. The fourth-order valence-corrected chi connectivity index (χ4v) is 4.02. The minimum absolute atomic E-state index is 0.00887. The number of hydrogen-bond donors (Lipinski definition) is 1. The maximum atomic E-state index is 13.9. The third-order valence-electron chi connectivity index (χ3n) is 5.40. The molecule has 3 aliphatic rings. The third kappa shape index (κ3) is 3.41. The van der Waals surface area contributed by atoms with Crippen LogP contribution < -0.4 is 10.2 Å². The average molecular weight is 375 g/mol. The molecule has 27 heavy (non-hydrogen) atoms. The van der Waals surface area contributed by atoms with E-state index in [9.17, 15) is 18.8 Å². The first kappa shape index (κ1) is 17.9. The van der Waals surface area contributed by atoms with Gasteiger partial charge in [0.1, 0.15) is 18.4 Å². The maximum absolute atomic E-state index is 13.9. The Morgan fingerprint density at radius 1 is 1.26 bits per heavy atom. The molecule has 0 radical (unpaired) electrons. The van der Waals surface area contributed by atoms with Crippen LogP contribution in [0, 0.1) is 5.82 Å². The van der Waals surface area contributed by atoms with E-state index in [0.717, 1.165) is 25.3 Å². The third-order valence-corrected chi connectivity index (χ3v) is 5.40. The van der Waals surface area contributed by atoms with Crippen molar-refractivity contribution in [2.45, 2.75) is 37.8 Å². The fraction of sp³-hybridized carbons (Fsp3) is 0.526. The number of ether oxygens (including phenoxy) is 1. The van der Waals surface area contributed by atoms with Crippen LogP contribution in [0.15, 0.2) is 18.2 Å². The highest BCUT2D eigenvalue weighted by Crippen LogP contribution is 2.32. The molecule has 0 bridgehead atoms. The number of carbonyl (C=O) groups excluding carboxylic acids is 3. The molecule has 1 aromatic carbocycles. The number of rotatable bonds is 4. The quantitative estimate of drug-likeness (QED) is 0.854. The van der Waals surface area contributed by atoms with Crippen LogP contribution in [-0.2, 0) is 14.3 Å². The van der Waals surface area contributed by atoms with E-state index in [0.29, 0.717) is 26.1 Å². The van der Waals surface area contributed by atoms with Gasteiger partial charge >= 0.3 is 0 Å². The number of halogens is 1. The zero-order chi connectivity index (χ0) is 19.0. The smallest absolute Gasteiger partial charge is 0.256 e. The first-order valence-electron chi connectivity index (χ1n) is 9.35. The van der Waals surface area contributed by atoms with Gasteiger partial charge in [0.05, 0.1) is 17.4 Å². The molecule has 0 unspecified atom stereocenters. The molecule has 8 heteroatoms. The summed E-state index contributed by atoms with van der Waals surface area (Å²) in [6, 6.07) is 3.14. The Balaban J connectivity index is 1.58. The van der Waals surface area contributed by atoms with Gasteiger partial charge in [-0.2, -0.15) is 0 Å². The minimum Gasteiger partial charge on any atom is -0.376 e. The molecule has 144 valence electrons. The standard InChI is InChI=1S/C19H22FN3O4/c20-12-5-6-14-16(9-12)23(11-17(24)21-10-13-3-2-8-27-13)19(26)15-4-1-7-22(15)18(14)25/h5-6,9,13,15H,1-4,7-8,10-11H2,(H,21,24)/t13-,15-/m1/s1. The van der Waals surface area contributed by atoms with Crippen LogP contribution in [0.2, 0.25) is 0 Å². The van der Waals surface area contributed by atoms with Crippen molar-refractivity contribution >= 4 is 23.4 Å². The van der Waals surface area contributed by atoms with Crippen molar-refractivity contribution < 1.29 is 23.5 Å². The van der Waals surface area contributed by atoms with Crippen molar-refractivity contribution in [1.82, 2.24) is 10.2 Å². The van der Waals surface area contributed by atoms with Gasteiger partial charge in [-0.1, -0.05) is 0 Å². The molecule has 0 saturated carbocycles. The summed E-state index contributed by atoms with van der Waals surface area (Å²) in [4.78, 5) is 41.1. The van der Waals surface area contributed by atoms with Crippen LogP contribution in [-0.4, -0.2) is 61.0 Å². The SMILES string of the molecule is O=C(CN1C(=O)[C@H]2CCCN2C(=O)c2ccc(F)cc21)NC[C@H]1CCCO1. The van der Waals surface area contributed by atoms with Gasteiger partial charge in [0.25, 0.3) is 5.91 Å². The van der Waals surface area contributed by atoms with Gasteiger partial charge in [-0.05, 0) is 43.9 Å². The van der Waals surface area contributed by atoms with E-state index in [1.54, 1.807) is 0 Å². The highest BCUT2D eigenvalue weighted by molar-refractivity contribution is 6.12. The molecule has 1 N–H and O–H groups in total. The lowest BCUT2D eigenvalue weighted by atomic mass is 10.1. The first-order valence-corrected chi connectivity index (χ1v) is 9.35. The molecule has 0 aliphatic carbocycles. The number of carbonyl (C=O) groups is 3. The van der Waals surface area contributed by atoms with E-state index < -0.39 is 11.9 Å². The molecule has 2 atom stereocenters. The summed E-state index contributed by atoms with van der Waals surface area (Å²) < 4.78 is 19.3. The highest BCUT2D eigenvalue weighted by Gasteiger charge is 2.42. The number of amides is 3. The molecule has 3 amide bonds. The lowest BCUT2D eigenvalue weighted by molar-refractivity contribution is -0.125. The van der Waals surface area contributed by atoms with Crippen LogP contribution in [0.1, 0.15) is 36.0 Å². The summed E-state index contributed by atoms with van der Waals surface area (Å²) in [6.45, 7) is 1.31. The minimum atomic E-state index is -0.598. The summed E-state index contributed by atoms with van der Waals surface area (Å²) in [6.07, 6.45) is 3.14. The summed E-state index contributed by atoms with van der Waals surface area (Å²) >= 11 is 0. The molecule has 4 rings (SSSR count). The van der Waals surface area contributed by atoms with Crippen molar-refractivity contribution in [2.75, 3.05) is 31.1 Å². The van der Waals surface area contributed by atoms with Gasteiger partial charge in [0.15, 0.2) is 0 Å². The molecule has 7 nitrogen and oxygen atoms in total. The lowest BCUT2D eigenvalue weighted by Gasteiger charge is -2.25. The van der Waals surface area contributed by atoms with E-state index in [1.165, 1.54) is 21.9 Å². The van der Waals surface area contributed by atoms with Crippen LogP contribution >= 0.6 is 0 Å². The second-order valence-electron chi connectivity index (χ2n) is 7.18. The normalized spacial score (nSPS) is 24.6. The Morgan fingerprint density at radius 2 is 2.11 bits per heavy atom. The van der Waals surface area contributed by atoms with Crippen molar-refractivity contribution in [3.05, 3.63) is 29.6 Å². The average Bonchev–Trinajstić information content (AvgIpc) is 3.33. The zero-order valence-electron chi connectivity index (χ0n) is 14.9. The Morgan fingerprint density at radius 3 is 2.89 bits per heavy atom. The summed E-state index contributed by atoms with van der Waals surface area (Å²) in [7, 11) is 0. The van der Waals surface area contributed by atoms with Crippen LogP contribution in [0.25, 0.3) is 0 Å². The van der Waals surface area contributed by atoms with Crippen molar-refractivity contribution in [1.29, 1.82) is 0 Å². The van der Waals surface area contributed by atoms with Crippen molar-refractivity contribution in [3.63, 3.8) is 0 Å². The molecule has 2 saturated heterocycles. The Labute approximate surface area is 156 Å². The fourth-order valence-electron chi connectivity index (χ4n) is 4.02. The van der Waals surface area contributed by atoms with Crippen LogP contribution in [0.4, 0.5) is 10.1 Å². The van der Waals surface area contributed by atoms with E-state index in [2.05, 4.69) is 5.32 Å². The molecular formula is C19H22FN3O4. The molecule has 3 aliphatic heterocycles. The van der Waals surface area contributed by atoms with Crippen LogP contribution in [0.5, 0.6) is 0 Å². The van der Waals surface area contributed by atoms with Crippen molar-refractivity contribution in [3.8, 4) is 0 Å². The Kier molecular flexibility index (Phi) is 4.82. The molecule has 0 spiro atoms. The van der Waals surface area contributed by atoms with Gasteiger partial charge in [-0.15, -0.1) is 0 Å². The lowest BCUT2D eigenvalue weighted by Crippen LogP contribution is -2.48. The molecule has 0 aromatic heterocycles. The van der Waals surface area contributed by atoms with Gasteiger partial charge in [0, 0.05) is 19.7 Å². The molecule has 3 heterocycles.